The summed E-state index contributed by atoms with van der Waals surface area (Å²) in [6, 6.07) is 10.5. The van der Waals surface area contributed by atoms with Crippen molar-refractivity contribution in [2.45, 2.75) is 12.8 Å². The number of ether oxygens (including phenoxy) is 3. The van der Waals surface area contributed by atoms with Crippen LogP contribution in [0.4, 0.5) is 0 Å². The molecule has 1 amide bonds. The van der Waals surface area contributed by atoms with E-state index in [1.54, 1.807) is 31.4 Å². The Labute approximate surface area is 146 Å². The maximum Gasteiger partial charge on any atom is 0.221 e. The van der Waals surface area contributed by atoms with Crippen molar-refractivity contribution in [3.63, 3.8) is 0 Å². The Bertz CT molecular complexity index is 785. The Kier molecular flexibility index (Phi) is 6.00. The van der Waals surface area contributed by atoms with E-state index in [4.69, 9.17) is 19.9 Å². The van der Waals surface area contributed by atoms with Crippen LogP contribution in [0.5, 0.6) is 17.2 Å². The van der Waals surface area contributed by atoms with Crippen molar-refractivity contribution in [2.75, 3.05) is 21.3 Å². The van der Waals surface area contributed by atoms with E-state index in [2.05, 4.69) is 0 Å². The highest BCUT2D eigenvalue weighted by molar-refractivity contribution is 6.02. The normalized spacial score (nSPS) is 10.2. The number of rotatable bonds is 8. The van der Waals surface area contributed by atoms with Crippen molar-refractivity contribution in [1.29, 1.82) is 0 Å². The molecule has 0 aliphatic heterocycles. The number of hydrogen-bond donors (Lipinski definition) is 1. The van der Waals surface area contributed by atoms with Crippen LogP contribution in [0, 0.1) is 0 Å². The molecule has 2 aromatic rings. The lowest BCUT2D eigenvalue weighted by Gasteiger charge is -2.15. The summed E-state index contributed by atoms with van der Waals surface area (Å²) < 4.78 is 15.7. The van der Waals surface area contributed by atoms with Gasteiger partial charge in [-0.1, -0.05) is 12.1 Å². The highest BCUT2D eigenvalue weighted by Crippen LogP contribution is 2.30. The number of nitrogens with two attached hydrogens (primary N) is 1. The Hall–Kier alpha value is -3.02. The van der Waals surface area contributed by atoms with Crippen molar-refractivity contribution in [3.8, 4) is 17.2 Å². The number of ketones is 1. The third-order valence-corrected chi connectivity index (χ3v) is 3.76. The van der Waals surface area contributed by atoms with E-state index < -0.39 is 5.91 Å². The molecule has 2 N–H and O–H groups in total. The highest BCUT2D eigenvalue weighted by Gasteiger charge is 2.21. The second-order valence-corrected chi connectivity index (χ2v) is 5.46. The SMILES string of the molecule is COc1cccc(CC(=O)c2c(CC(N)=O)cc(OC)cc2OC)c1. The molecule has 0 bridgehead atoms. The van der Waals surface area contributed by atoms with Crippen LogP contribution in [0.1, 0.15) is 21.5 Å². The quantitative estimate of drug-likeness (QED) is 0.742. The average molecular weight is 343 g/mol. The molecule has 2 aromatic carbocycles. The summed E-state index contributed by atoms with van der Waals surface area (Å²) in [7, 11) is 4.53. The van der Waals surface area contributed by atoms with E-state index in [9.17, 15) is 9.59 Å². The van der Waals surface area contributed by atoms with E-state index in [-0.39, 0.29) is 18.6 Å². The molecule has 0 radical (unpaired) electrons. The molecule has 0 atom stereocenters. The van der Waals surface area contributed by atoms with Crippen molar-refractivity contribution in [3.05, 3.63) is 53.1 Å². The molecule has 0 unspecified atom stereocenters. The van der Waals surface area contributed by atoms with Crippen molar-refractivity contribution >= 4 is 11.7 Å². The van der Waals surface area contributed by atoms with E-state index in [1.165, 1.54) is 14.2 Å². The molecule has 0 aliphatic carbocycles. The van der Waals surface area contributed by atoms with Gasteiger partial charge in [0.2, 0.25) is 5.91 Å². The van der Waals surface area contributed by atoms with Gasteiger partial charge in [-0.25, -0.2) is 0 Å². The molecule has 25 heavy (non-hydrogen) atoms. The zero-order valence-corrected chi connectivity index (χ0v) is 14.5. The number of primary amides is 1. The van der Waals surface area contributed by atoms with Gasteiger partial charge < -0.3 is 19.9 Å². The van der Waals surface area contributed by atoms with Gasteiger partial charge in [-0.3, -0.25) is 9.59 Å². The molecule has 0 aliphatic rings. The predicted octanol–water partition coefficient (Wildman–Crippen LogP) is 2.17. The van der Waals surface area contributed by atoms with Gasteiger partial charge in [0, 0.05) is 12.5 Å². The largest absolute Gasteiger partial charge is 0.497 e. The summed E-state index contributed by atoms with van der Waals surface area (Å²) >= 11 is 0. The molecule has 0 heterocycles. The number of hydrogen-bond acceptors (Lipinski definition) is 5. The number of Topliss-reactive ketones (excluding diaryl/α,β-unsaturated/α-hetero) is 1. The number of benzene rings is 2. The lowest BCUT2D eigenvalue weighted by atomic mass is 9.95. The molecule has 6 heteroatoms. The first-order valence-electron chi connectivity index (χ1n) is 7.67. The molecule has 0 spiro atoms. The van der Waals surface area contributed by atoms with E-state index in [1.807, 2.05) is 12.1 Å². The van der Waals surface area contributed by atoms with Crippen LogP contribution >= 0.6 is 0 Å². The number of amides is 1. The fourth-order valence-electron chi connectivity index (χ4n) is 2.62. The molecule has 0 saturated carbocycles. The Morgan fingerprint density at radius 2 is 1.64 bits per heavy atom. The molecule has 132 valence electrons. The summed E-state index contributed by atoms with van der Waals surface area (Å²) in [5.74, 6) is 0.800. The van der Waals surface area contributed by atoms with Gasteiger partial charge in [-0.05, 0) is 29.3 Å². The first kappa shape index (κ1) is 18.3. The Morgan fingerprint density at radius 3 is 2.24 bits per heavy atom. The molecular formula is C19H21NO5. The van der Waals surface area contributed by atoms with Crippen LogP contribution in [0.15, 0.2) is 36.4 Å². The predicted molar refractivity (Wildman–Crippen MR) is 93.5 cm³/mol. The molecule has 0 aromatic heterocycles. The maximum absolute atomic E-state index is 12.9. The second kappa shape index (κ2) is 8.19. The summed E-state index contributed by atoms with van der Waals surface area (Å²) in [6.45, 7) is 0. The van der Waals surface area contributed by atoms with Gasteiger partial charge >= 0.3 is 0 Å². The minimum Gasteiger partial charge on any atom is -0.497 e. The van der Waals surface area contributed by atoms with Crippen molar-refractivity contribution < 1.29 is 23.8 Å². The van der Waals surface area contributed by atoms with Gasteiger partial charge in [-0.15, -0.1) is 0 Å². The standard InChI is InChI=1S/C19H21NO5/c1-23-14-6-4-5-12(7-14)8-16(21)19-13(10-18(20)22)9-15(24-2)11-17(19)25-3/h4-7,9,11H,8,10H2,1-3H3,(H2,20,22). The first-order valence-corrected chi connectivity index (χ1v) is 7.67. The third kappa shape index (κ3) is 4.50. The lowest BCUT2D eigenvalue weighted by Crippen LogP contribution is -2.18. The van der Waals surface area contributed by atoms with E-state index in [0.717, 1.165) is 5.56 Å². The molecule has 0 saturated heterocycles. The summed E-state index contributed by atoms with van der Waals surface area (Å²) in [5.41, 5.74) is 6.94. The zero-order valence-electron chi connectivity index (χ0n) is 14.5. The minimum atomic E-state index is -0.536. The Balaban J connectivity index is 2.43. The average Bonchev–Trinajstić information content (AvgIpc) is 2.60. The van der Waals surface area contributed by atoms with Gasteiger partial charge in [0.15, 0.2) is 5.78 Å². The molecule has 6 nitrogen and oxygen atoms in total. The molecule has 2 rings (SSSR count). The monoisotopic (exact) mass is 343 g/mol. The van der Waals surface area contributed by atoms with Gasteiger partial charge in [0.25, 0.3) is 0 Å². The van der Waals surface area contributed by atoms with Crippen molar-refractivity contribution in [2.24, 2.45) is 5.73 Å². The van der Waals surface area contributed by atoms with Gasteiger partial charge in [0.05, 0.1) is 33.3 Å². The number of carbonyl (C=O) groups excluding carboxylic acids is 2. The molecular weight excluding hydrogens is 322 g/mol. The fraction of sp³-hybridized carbons (Fsp3) is 0.263. The van der Waals surface area contributed by atoms with Crippen LogP contribution in [0.2, 0.25) is 0 Å². The number of carbonyl (C=O) groups is 2. The van der Waals surface area contributed by atoms with Gasteiger partial charge in [0.1, 0.15) is 17.2 Å². The minimum absolute atomic E-state index is 0.0766. The summed E-state index contributed by atoms with van der Waals surface area (Å²) in [6.07, 6.45) is 0.0679. The third-order valence-electron chi connectivity index (χ3n) is 3.76. The van der Waals surface area contributed by atoms with E-state index >= 15 is 0 Å². The van der Waals surface area contributed by atoms with Crippen LogP contribution < -0.4 is 19.9 Å². The molecule has 0 fully saturated rings. The van der Waals surface area contributed by atoms with Crippen LogP contribution in [0.25, 0.3) is 0 Å². The smallest absolute Gasteiger partial charge is 0.221 e. The fourth-order valence-corrected chi connectivity index (χ4v) is 2.62. The Morgan fingerprint density at radius 1 is 0.920 bits per heavy atom. The van der Waals surface area contributed by atoms with Gasteiger partial charge in [-0.2, -0.15) is 0 Å². The summed E-state index contributed by atoms with van der Waals surface area (Å²) in [4.78, 5) is 24.3. The summed E-state index contributed by atoms with van der Waals surface area (Å²) in [5, 5.41) is 0. The van der Waals surface area contributed by atoms with Crippen LogP contribution in [0.3, 0.4) is 0 Å². The zero-order chi connectivity index (χ0) is 18.4. The highest BCUT2D eigenvalue weighted by atomic mass is 16.5. The second-order valence-electron chi connectivity index (χ2n) is 5.46. The van der Waals surface area contributed by atoms with E-state index in [0.29, 0.717) is 28.4 Å². The maximum atomic E-state index is 12.9. The lowest BCUT2D eigenvalue weighted by molar-refractivity contribution is -0.117. The number of methoxy groups -OCH3 is 3. The first-order chi connectivity index (χ1) is 12.0. The van der Waals surface area contributed by atoms with Crippen LogP contribution in [-0.2, 0) is 17.6 Å². The van der Waals surface area contributed by atoms with Crippen LogP contribution in [-0.4, -0.2) is 33.0 Å². The topological polar surface area (TPSA) is 87.9 Å². The van der Waals surface area contributed by atoms with Crippen molar-refractivity contribution in [1.82, 2.24) is 0 Å².